The van der Waals surface area contributed by atoms with Crippen molar-refractivity contribution in [3.05, 3.63) is 222 Å². The number of ether oxygens (including phenoxy) is 3. The summed E-state index contributed by atoms with van der Waals surface area (Å²) in [6.45, 7) is 17.0. The Morgan fingerprint density at radius 1 is 0.456 bits per heavy atom. The number of nitrogens with one attached hydrogen (secondary N) is 3. The molecule has 79 heavy (non-hydrogen) atoms. The van der Waals surface area contributed by atoms with Crippen molar-refractivity contribution in [3.63, 3.8) is 0 Å². The molecular weight excluding hydrogens is 1050 g/mol. The normalized spacial score (nSPS) is 10.8. The number of hydrogen-bond acceptors (Lipinski definition) is 12. The topological polar surface area (TPSA) is 249 Å². The fourth-order valence-electron chi connectivity index (χ4n) is 9.01. The smallest absolute Gasteiger partial charge is 0.803 e. The molecule has 0 fully saturated rings. The van der Waals surface area contributed by atoms with Gasteiger partial charge in [0.1, 0.15) is 17.1 Å². The number of rotatable bonds is 15. The molecular formula is C60H66FeN9O9. The van der Waals surface area contributed by atoms with E-state index in [1.165, 1.54) is 75.5 Å². The average molecular weight is 1110 g/mol. The van der Waals surface area contributed by atoms with Gasteiger partial charge in [-0.25, -0.2) is 15.0 Å². The van der Waals surface area contributed by atoms with Crippen LogP contribution in [0.1, 0.15) is 109 Å². The van der Waals surface area contributed by atoms with E-state index in [0.29, 0.717) is 14.2 Å². The van der Waals surface area contributed by atoms with Crippen LogP contribution in [0.4, 0.5) is 0 Å². The zero-order valence-electron chi connectivity index (χ0n) is 46.6. The van der Waals surface area contributed by atoms with E-state index < -0.39 is 16.7 Å². The summed E-state index contributed by atoms with van der Waals surface area (Å²) in [4.78, 5) is 59.4. The van der Waals surface area contributed by atoms with E-state index in [1.807, 2.05) is 55.0 Å². The van der Waals surface area contributed by atoms with Crippen LogP contribution >= 0.6 is 0 Å². The number of aromatic nitrogens is 9. The monoisotopic (exact) mass is 1110 g/mol. The summed E-state index contributed by atoms with van der Waals surface area (Å²) in [7, 11) is 4.31. The molecule has 18 nitrogen and oxygen atoms in total. The quantitative estimate of drug-likeness (QED) is 0.0641. The van der Waals surface area contributed by atoms with Crippen molar-refractivity contribution in [2.24, 2.45) is 0 Å². The Labute approximate surface area is 468 Å². The van der Waals surface area contributed by atoms with Crippen LogP contribution < -0.4 is 30.9 Å². The fourth-order valence-corrected chi connectivity index (χ4v) is 9.01. The molecule has 6 aromatic heterocycles. The Morgan fingerprint density at radius 2 is 0.709 bits per heavy atom. The minimum atomic E-state index is -0.640. The van der Waals surface area contributed by atoms with Crippen molar-refractivity contribution < 1.29 is 31.3 Å². The molecule has 413 valence electrons. The molecule has 0 aliphatic heterocycles. The number of aromatic amines is 3. The Hall–Kier alpha value is -8.54. The molecule has 0 aliphatic carbocycles. The molecule has 0 spiro atoms. The standard InChI is InChI=1S/3C20H22N3O3.Fe/c3*1-12(2)8-9-14-6-5-7-16-15(11-21-18(14)16)10-17-20(24)23(25)13(3)19(22-17)26-4;/h3*5-8,11,21H,9-10H2,1-4H3;/q3*-1;+3. The molecule has 9 rings (SSSR count). The fraction of sp³-hybridized carbons (Fsp3) is 0.300. The summed E-state index contributed by atoms with van der Waals surface area (Å²) < 4.78 is 16.4. The van der Waals surface area contributed by atoms with E-state index in [9.17, 15) is 30.0 Å². The largest absolute Gasteiger partial charge is 3.00 e. The number of hydrogen-bond donors (Lipinski definition) is 3. The molecule has 0 amide bonds. The molecule has 0 unspecified atom stereocenters. The second-order valence-corrected chi connectivity index (χ2v) is 19.7. The van der Waals surface area contributed by atoms with Gasteiger partial charge in [-0.2, -0.15) is 0 Å². The predicted molar refractivity (Wildman–Crippen MR) is 308 cm³/mol. The minimum absolute atomic E-state index is 0. The number of H-pyrrole nitrogens is 3. The van der Waals surface area contributed by atoms with Gasteiger partial charge in [0.25, 0.3) is 16.7 Å². The maximum atomic E-state index is 12.3. The summed E-state index contributed by atoms with van der Waals surface area (Å²) in [5.74, 6) is 0.538. The molecule has 19 heteroatoms. The molecule has 0 saturated carbocycles. The summed E-state index contributed by atoms with van der Waals surface area (Å²) in [6.07, 6.45) is 15.5. The number of methoxy groups -OCH3 is 3. The number of fused-ring (bicyclic) bond motifs is 3. The third-order valence-electron chi connectivity index (χ3n) is 13.4. The molecule has 9 aromatic rings. The molecule has 0 aliphatic rings. The van der Waals surface area contributed by atoms with Gasteiger partial charge in [-0.05, 0) is 115 Å². The van der Waals surface area contributed by atoms with Crippen LogP contribution in [0.15, 0.2) is 123 Å². The van der Waals surface area contributed by atoms with E-state index in [2.05, 4.69) is 108 Å². The Bertz CT molecular complexity index is 3530. The summed E-state index contributed by atoms with van der Waals surface area (Å²) in [5, 5.41) is 39.2. The number of para-hydroxylation sites is 3. The van der Waals surface area contributed by atoms with Gasteiger partial charge in [0, 0.05) is 70.6 Å². The van der Waals surface area contributed by atoms with Crippen molar-refractivity contribution >= 4 is 32.7 Å². The van der Waals surface area contributed by atoms with Gasteiger partial charge in [0.2, 0.25) is 17.6 Å². The zero-order valence-corrected chi connectivity index (χ0v) is 47.7. The van der Waals surface area contributed by atoms with Crippen LogP contribution in [0.25, 0.3) is 32.7 Å². The van der Waals surface area contributed by atoms with E-state index in [4.69, 9.17) is 14.2 Å². The third-order valence-corrected chi connectivity index (χ3v) is 13.4. The first-order valence-electron chi connectivity index (χ1n) is 25.4. The molecule has 0 saturated heterocycles. The van der Waals surface area contributed by atoms with Gasteiger partial charge in [-0.1, -0.05) is 89.5 Å². The summed E-state index contributed by atoms with van der Waals surface area (Å²) in [5.41, 5.74) is 12.4. The molecule has 0 bridgehead atoms. The van der Waals surface area contributed by atoms with Crippen molar-refractivity contribution in [3.8, 4) is 17.6 Å². The number of nitrogens with zero attached hydrogens (tertiary/aromatic N) is 6. The van der Waals surface area contributed by atoms with Gasteiger partial charge in [0.05, 0.1) is 38.4 Å². The molecule has 6 heterocycles. The van der Waals surface area contributed by atoms with Gasteiger partial charge in [-0.3, -0.25) is 14.4 Å². The van der Waals surface area contributed by atoms with Crippen LogP contribution in [-0.4, -0.2) is 65.4 Å². The van der Waals surface area contributed by atoms with Crippen LogP contribution in [0.3, 0.4) is 0 Å². The van der Waals surface area contributed by atoms with Crippen LogP contribution in [0.5, 0.6) is 17.6 Å². The van der Waals surface area contributed by atoms with Crippen molar-refractivity contribution in [2.75, 3.05) is 21.3 Å². The zero-order chi connectivity index (χ0) is 56.5. The molecule has 3 aromatic carbocycles. The Morgan fingerprint density at radius 3 is 0.937 bits per heavy atom. The average Bonchev–Trinajstić information content (AvgIpc) is 4.23. The SMILES string of the molecule is COc1nc(Cc2c[nH]c3c(CC=C(C)C)cccc23)c(=O)n([O-])c1C.COc1nc(Cc2c[nH]c3c(CC=C(C)C)cccc23)c(=O)n([O-])c1C.COc1nc(Cc2c[nH]c3c(CC=C(C)C)cccc23)c(=O)n([O-])c1C.[Fe+3]. The summed E-state index contributed by atoms with van der Waals surface area (Å²) in [6, 6.07) is 18.3. The minimum Gasteiger partial charge on any atom is -0.803 e. The molecule has 1 radical (unpaired) electrons. The first-order chi connectivity index (χ1) is 37.3. The maximum Gasteiger partial charge on any atom is 3.00 e. The molecule has 0 atom stereocenters. The third kappa shape index (κ3) is 13.4. The van der Waals surface area contributed by atoms with E-state index >= 15 is 0 Å². The van der Waals surface area contributed by atoms with Gasteiger partial charge < -0.3 is 59.0 Å². The molecule has 3 N–H and O–H groups in total. The van der Waals surface area contributed by atoms with Crippen molar-refractivity contribution in [2.45, 2.75) is 101 Å². The second-order valence-electron chi connectivity index (χ2n) is 19.7. The van der Waals surface area contributed by atoms with Gasteiger partial charge >= 0.3 is 17.1 Å². The Balaban J connectivity index is 0.000000190. The first kappa shape index (κ1) is 59.7. The summed E-state index contributed by atoms with van der Waals surface area (Å²) >= 11 is 0. The van der Waals surface area contributed by atoms with E-state index in [0.717, 1.165) is 68.7 Å². The van der Waals surface area contributed by atoms with Crippen LogP contribution in [0.2, 0.25) is 0 Å². The van der Waals surface area contributed by atoms with Crippen LogP contribution in [-0.2, 0) is 55.6 Å². The predicted octanol–water partition coefficient (Wildman–Crippen LogP) is 10.5. The van der Waals surface area contributed by atoms with Crippen LogP contribution in [0, 0.1) is 36.4 Å². The van der Waals surface area contributed by atoms with Gasteiger partial charge in [-0.15, -0.1) is 0 Å². The Kier molecular flexibility index (Phi) is 19.8. The number of allylic oxidation sites excluding steroid dienone is 6. The van der Waals surface area contributed by atoms with Crippen molar-refractivity contribution in [1.82, 2.24) is 44.1 Å². The van der Waals surface area contributed by atoms with Crippen molar-refractivity contribution in [1.29, 1.82) is 0 Å². The number of benzene rings is 3. The van der Waals surface area contributed by atoms with E-state index in [-0.39, 0.29) is 88.1 Å². The van der Waals surface area contributed by atoms with E-state index in [1.54, 1.807) is 0 Å². The first-order valence-corrected chi connectivity index (χ1v) is 25.4. The van der Waals surface area contributed by atoms with Gasteiger partial charge in [0.15, 0.2) is 0 Å². The second kappa shape index (κ2) is 26.2. The maximum absolute atomic E-state index is 12.3.